The van der Waals surface area contributed by atoms with Gasteiger partial charge in [-0.15, -0.1) is 0 Å². The average molecular weight is 445 g/mol. The van der Waals surface area contributed by atoms with E-state index in [2.05, 4.69) is 45.6 Å². The van der Waals surface area contributed by atoms with Gasteiger partial charge in [-0.3, -0.25) is 9.69 Å². The number of carbonyl (C=O) groups excluding carboxylic acids is 1. The van der Waals surface area contributed by atoms with Crippen LogP contribution in [0.15, 0.2) is 18.2 Å². The van der Waals surface area contributed by atoms with E-state index in [0.29, 0.717) is 6.54 Å². The van der Waals surface area contributed by atoms with Crippen LogP contribution in [0, 0.1) is 12.8 Å². The van der Waals surface area contributed by atoms with Crippen LogP contribution in [0.5, 0.6) is 5.75 Å². The summed E-state index contributed by atoms with van der Waals surface area (Å²) in [5, 5.41) is 0. The highest BCUT2D eigenvalue weighted by molar-refractivity contribution is 6.62. The minimum Gasteiger partial charge on any atom is -0.493 e. The molecule has 0 amide bonds. The maximum atomic E-state index is 11.4. The van der Waals surface area contributed by atoms with Crippen LogP contribution in [0.2, 0.25) is 0 Å². The van der Waals surface area contributed by atoms with E-state index in [1.807, 2.05) is 12.1 Å². The molecule has 0 aliphatic carbocycles. The third kappa shape index (κ3) is 6.06. The predicted octanol–water partition coefficient (Wildman–Crippen LogP) is 3.73. The van der Waals surface area contributed by atoms with E-state index in [1.165, 1.54) is 13.5 Å². The number of piperidine rings is 1. The SMILES string of the molecule is COC(=O)CN1CCC(CCCCOc2cccc(B3OC(C)(C)C(C)(C)O3)c2C)CC1. The molecule has 0 unspecified atom stereocenters. The maximum absolute atomic E-state index is 11.4. The Morgan fingerprint density at radius 1 is 1.12 bits per heavy atom. The van der Waals surface area contributed by atoms with Crippen LogP contribution >= 0.6 is 0 Å². The van der Waals surface area contributed by atoms with E-state index in [1.54, 1.807) is 0 Å². The highest BCUT2D eigenvalue weighted by atomic mass is 16.7. The number of nitrogens with zero attached hydrogens (tertiary/aromatic N) is 1. The summed E-state index contributed by atoms with van der Waals surface area (Å²) < 4.78 is 23.3. The maximum Gasteiger partial charge on any atom is 0.495 e. The van der Waals surface area contributed by atoms with E-state index in [0.717, 1.165) is 68.1 Å². The Bertz CT molecular complexity index is 758. The van der Waals surface area contributed by atoms with Gasteiger partial charge in [0.15, 0.2) is 0 Å². The fraction of sp³-hybridized carbons (Fsp3) is 0.720. The van der Waals surface area contributed by atoms with Crippen LogP contribution in [0.4, 0.5) is 0 Å². The number of likely N-dealkylation sites (tertiary alicyclic amines) is 1. The van der Waals surface area contributed by atoms with Crippen LogP contribution < -0.4 is 10.2 Å². The monoisotopic (exact) mass is 445 g/mol. The molecule has 0 spiro atoms. The number of ether oxygens (including phenoxy) is 2. The van der Waals surface area contributed by atoms with Crippen molar-refractivity contribution in [2.75, 3.05) is 33.4 Å². The lowest BCUT2D eigenvalue weighted by Crippen LogP contribution is -2.41. The van der Waals surface area contributed by atoms with Crippen LogP contribution in [0.3, 0.4) is 0 Å². The van der Waals surface area contributed by atoms with E-state index < -0.39 is 0 Å². The first kappa shape index (κ1) is 25.1. The molecule has 0 N–H and O–H groups in total. The van der Waals surface area contributed by atoms with Crippen molar-refractivity contribution in [1.82, 2.24) is 4.90 Å². The summed E-state index contributed by atoms with van der Waals surface area (Å²) in [7, 11) is 1.08. The second-order valence-corrected chi connectivity index (χ2v) is 10.2. The van der Waals surface area contributed by atoms with Crippen LogP contribution in [0.1, 0.15) is 65.4 Å². The molecule has 0 atom stereocenters. The van der Waals surface area contributed by atoms with Gasteiger partial charge in [-0.1, -0.05) is 18.6 Å². The fourth-order valence-electron chi connectivity index (χ4n) is 4.41. The van der Waals surface area contributed by atoms with Crippen molar-refractivity contribution in [3.63, 3.8) is 0 Å². The zero-order valence-electron chi connectivity index (χ0n) is 20.7. The molecule has 2 fully saturated rings. The van der Waals surface area contributed by atoms with Gasteiger partial charge in [-0.05, 0) is 96.4 Å². The standard InChI is InChI=1S/C25H40BNO5/c1-19-21(26-31-24(2,3)25(4,5)32-26)11-9-12-22(19)30-17-8-7-10-20-13-15-27(16-14-20)18-23(28)29-6/h9,11-12,20H,7-8,10,13-18H2,1-6H3. The lowest BCUT2D eigenvalue weighted by atomic mass is 9.76. The van der Waals surface area contributed by atoms with E-state index in [9.17, 15) is 4.79 Å². The highest BCUT2D eigenvalue weighted by Gasteiger charge is 2.52. The van der Waals surface area contributed by atoms with E-state index in [4.69, 9.17) is 18.8 Å². The third-order valence-electron chi connectivity index (χ3n) is 7.38. The zero-order valence-corrected chi connectivity index (χ0v) is 20.7. The molecular weight excluding hydrogens is 405 g/mol. The number of methoxy groups -OCH3 is 1. The van der Waals surface area contributed by atoms with Gasteiger partial charge in [0.2, 0.25) is 0 Å². The first-order valence-corrected chi connectivity index (χ1v) is 12.0. The molecule has 32 heavy (non-hydrogen) atoms. The zero-order chi connectivity index (χ0) is 23.4. The van der Waals surface area contributed by atoms with Crippen LogP contribution in [-0.4, -0.2) is 62.5 Å². The van der Waals surface area contributed by atoms with Gasteiger partial charge < -0.3 is 18.8 Å². The quantitative estimate of drug-likeness (QED) is 0.328. The Labute approximate surface area is 194 Å². The van der Waals surface area contributed by atoms with Gasteiger partial charge in [0, 0.05) is 0 Å². The summed E-state index contributed by atoms with van der Waals surface area (Å²) >= 11 is 0. The van der Waals surface area contributed by atoms with Gasteiger partial charge in [0.05, 0.1) is 31.5 Å². The molecular formula is C25H40BNO5. The minimum atomic E-state index is -0.367. The predicted molar refractivity (Wildman–Crippen MR) is 127 cm³/mol. The van der Waals surface area contributed by atoms with E-state index >= 15 is 0 Å². The van der Waals surface area contributed by atoms with Gasteiger partial charge in [0.25, 0.3) is 0 Å². The third-order valence-corrected chi connectivity index (χ3v) is 7.38. The molecule has 0 bridgehead atoms. The summed E-state index contributed by atoms with van der Waals surface area (Å²) in [5.74, 6) is 1.52. The van der Waals surface area contributed by atoms with Crippen molar-refractivity contribution in [2.24, 2.45) is 5.92 Å². The molecule has 2 saturated heterocycles. The van der Waals surface area contributed by atoms with Crippen molar-refractivity contribution >= 4 is 18.6 Å². The first-order chi connectivity index (χ1) is 15.1. The number of esters is 1. The van der Waals surface area contributed by atoms with Gasteiger partial charge >= 0.3 is 13.1 Å². The number of benzene rings is 1. The molecule has 2 aliphatic rings. The normalized spacial score (nSPS) is 21.0. The lowest BCUT2D eigenvalue weighted by Gasteiger charge is -2.32. The highest BCUT2D eigenvalue weighted by Crippen LogP contribution is 2.37. The van der Waals surface area contributed by atoms with Crippen LogP contribution in [0.25, 0.3) is 0 Å². The Kier molecular flexibility index (Phi) is 8.29. The number of hydrogen-bond donors (Lipinski definition) is 0. The first-order valence-electron chi connectivity index (χ1n) is 12.0. The second-order valence-electron chi connectivity index (χ2n) is 10.2. The number of hydrogen-bond acceptors (Lipinski definition) is 6. The molecule has 178 valence electrons. The smallest absolute Gasteiger partial charge is 0.493 e. The molecule has 2 heterocycles. The second kappa shape index (κ2) is 10.6. The van der Waals surface area contributed by atoms with Crippen molar-refractivity contribution in [2.45, 2.75) is 77.9 Å². The summed E-state index contributed by atoms with van der Waals surface area (Å²) in [5.41, 5.74) is 1.43. The topological polar surface area (TPSA) is 57.2 Å². The number of rotatable bonds is 9. The van der Waals surface area contributed by atoms with Crippen molar-refractivity contribution in [3.8, 4) is 5.75 Å². The van der Waals surface area contributed by atoms with Gasteiger partial charge in [0.1, 0.15) is 5.75 Å². The van der Waals surface area contributed by atoms with Crippen molar-refractivity contribution in [1.29, 1.82) is 0 Å². The Morgan fingerprint density at radius 3 is 2.41 bits per heavy atom. The lowest BCUT2D eigenvalue weighted by molar-refractivity contribution is -0.142. The summed E-state index contributed by atoms with van der Waals surface area (Å²) in [6.07, 6.45) is 5.75. The Balaban J connectivity index is 1.40. The molecule has 1 aromatic rings. The summed E-state index contributed by atoms with van der Waals surface area (Å²) in [4.78, 5) is 13.6. The van der Waals surface area contributed by atoms with Crippen molar-refractivity contribution in [3.05, 3.63) is 23.8 Å². The molecule has 1 aromatic carbocycles. The fourth-order valence-corrected chi connectivity index (χ4v) is 4.41. The summed E-state index contributed by atoms with van der Waals surface area (Å²) in [6.45, 7) is 13.5. The van der Waals surface area contributed by atoms with Gasteiger partial charge in [-0.2, -0.15) is 0 Å². The van der Waals surface area contributed by atoms with Gasteiger partial charge in [-0.25, -0.2) is 0 Å². The van der Waals surface area contributed by atoms with Crippen LogP contribution in [-0.2, 0) is 18.8 Å². The molecule has 3 rings (SSSR count). The Hall–Kier alpha value is -1.57. The largest absolute Gasteiger partial charge is 0.495 e. The summed E-state index contributed by atoms with van der Waals surface area (Å²) in [6, 6.07) is 6.11. The minimum absolute atomic E-state index is 0.140. The van der Waals surface area contributed by atoms with Crippen molar-refractivity contribution < 1.29 is 23.6 Å². The molecule has 0 radical (unpaired) electrons. The Morgan fingerprint density at radius 2 is 1.78 bits per heavy atom. The molecule has 7 heteroatoms. The molecule has 0 aromatic heterocycles. The molecule has 2 aliphatic heterocycles. The molecule has 0 saturated carbocycles. The molecule has 6 nitrogen and oxygen atoms in total. The average Bonchev–Trinajstić information content (AvgIpc) is 2.96. The number of unbranched alkanes of at least 4 members (excludes halogenated alkanes) is 1. The van der Waals surface area contributed by atoms with E-state index in [-0.39, 0.29) is 24.3 Å². The number of carbonyl (C=O) groups is 1.